The Labute approximate surface area is 189 Å². The van der Waals surface area contributed by atoms with E-state index in [2.05, 4.69) is 5.32 Å². The van der Waals surface area contributed by atoms with Gasteiger partial charge in [-0.3, -0.25) is 14.6 Å². The molecular weight excluding hydrogens is 428 g/mol. The summed E-state index contributed by atoms with van der Waals surface area (Å²) in [5, 5.41) is 2.76. The molecule has 1 aromatic heterocycles. The van der Waals surface area contributed by atoms with Crippen molar-refractivity contribution < 1.29 is 18.3 Å². The van der Waals surface area contributed by atoms with E-state index in [9.17, 15) is 18.4 Å². The number of aromatic nitrogens is 1. The predicted octanol–water partition coefficient (Wildman–Crippen LogP) is 3.76. The van der Waals surface area contributed by atoms with Gasteiger partial charge < -0.3 is 14.6 Å². The average molecular weight is 451 g/mol. The van der Waals surface area contributed by atoms with Crippen LogP contribution in [0.1, 0.15) is 36.1 Å². The predicted molar refractivity (Wildman–Crippen MR) is 122 cm³/mol. The smallest absolute Gasteiger partial charge is 0.250 e. The zero-order chi connectivity index (χ0) is 23.7. The highest BCUT2D eigenvalue weighted by atomic mass is 19.1. The minimum absolute atomic E-state index is 0.00763. The van der Waals surface area contributed by atoms with Crippen LogP contribution in [0.2, 0.25) is 0 Å². The quantitative estimate of drug-likeness (QED) is 0.642. The van der Waals surface area contributed by atoms with E-state index >= 15 is 0 Å². The number of fused-ring (bicyclic) bond motifs is 3. The first-order chi connectivity index (χ1) is 15.8. The van der Waals surface area contributed by atoms with E-state index < -0.39 is 17.7 Å². The van der Waals surface area contributed by atoms with E-state index in [4.69, 9.17) is 9.73 Å². The lowest BCUT2D eigenvalue weighted by Crippen LogP contribution is -2.25. The van der Waals surface area contributed by atoms with Gasteiger partial charge >= 0.3 is 0 Å². The summed E-state index contributed by atoms with van der Waals surface area (Å²) in [7, 11) is 2.97. The monoisotopic (exact) mass is 451 g/mol. The third-order valence-corrected chi connectivity index (χ3v) is 5.61. The number of aryl methyl sites for hydroxylation is 1. The highest BCUT2D eigenvalue weighted by molar-refractivity contribution is 6.17. The number of nitrogens with zero attached hydrogens (tertiary/aromatic N) is 2. The van der Waals surface area contributed by atoms with Gasteiger partial charge in [-0.2, -0.15) is 0 Å². The molecule has 0 saturated heterocycles. The van der Waals surface area contributed by atoms with Crippen molar-refractivity contribution in [3.8, 4) is 16.9 Å². The molecule has 0 spiro atoms. The maximum atomic E-state index is 14.8. The molecule has 3 aromatic rings. The molecule has 1 atom stereocenters. The van der Waals surface area contributed by atoms with Crippen molar-refractivity contribution in [2.75, 3.05) is 13.7 Å². The third kappa shape index (κ3) is 4.28. The summed E-state index contributed by atoms with van der Waals surface area (Å²) >= 11 is 0. The SMILES string of the molecule is CCNC(=O)C[C@@H]1N=C(c2ccc(F)cc2)c2cc(OC)c(F)cc2-c2cn(C)c(=O)cc21. The van der Waals surface area contributed by atoms with Crippen LogP contribution in [0.4, 0.5) is 8.78 Å². The molecule has 1 amide bonds. The molecule has 6 nitrogen and oxygen atoms in total. The van der Waals surface area contributed by atoms with Crippen molar-refractivity contribution in [1.29, 1.82) is 0 Å². The Morgan fingerprint density at radius 2 is 1.85 bits per heavy atom. The van der Waals surface area contributed by atoms with Gasteiger partial charge in [-0.1, -0.05) is 0 Å². The summed E-state index contributed by atoms with van der Waals surface area (Å²) in [5.74, 6) is -1.19. The van der Waals surface area contributed by atoms with Crippen molar-refractivity contribution in [3.05, 3.63) is 87.3 Å². The minimum Gasteiger partial charge on any atom is -0.494 e. The number of rotatable bonds is 5. The Hall–Kier alpha value is -3.81. The molecule has 0 aliphatic carbocycles. The van der Waals surface area contributed by atoms with Crippen molar-refractivity contribution in [3.63, 3.8) is 0 Å². The molecule has 4 rings (SSSR count). The summed E-state index contributed by atoms with van der Waals surface area (Å²) in [6.45, 7) is 2.26. The molecule has 1 N–H and O–H groups in total. The van der Waals surface area contributed by atoms with Crippen molar-refractivity contribution in [2.45, 2.75) is 19.4 Å². The highest BCUT2D eigenvalue weighted by Gasteiger charge is 2.29. The number of halogens is 2. The topological polar surface area (TPSA) is 72.7 Å². The summed E-state index contributed by atoms with van der Waals surface area (Å²) < 4.78 is 35.1. The number of aliphatic imine (C=N–C) groups is 1. The molecule has 0 saturated carbocycles. The lowest BCUT2D eigenvalue weighted by atomic mass is 9.91. The first-order valence-corrected chi connectivity index (χ1v) is 10.5. The first kappa shape index (κ1) is 22.4. The van der Waals surface area contributed by atoms with Gasteiger partial charge in [0.2, 0.25) is 5.91 Å². The molecule has 0 radical (unpaired) electrons. The largest absolute Gasteiger partial charge is 0.494 e. The summed E-state index contributed by atoms with van der Waals surface area (Å²) in [6.07, 6.45) is 1.61. The van der Waals surface area contributed by atoms with Gasteiger partial charge in [-0.05, 0) is 54.4 Å². The Bertz CT molecular complexity index is 1310. The van der Waals surface area contributed by atoms with Gasteiger partial charge in [-0.25, -0.2) is 8.78 Å². The maximum absolute atomic E-state index is 14.8. The number of carbonyl (C=O) groups is 1. The number of benzene rings is 2. The number of hydrogen-bond acceptors (Lipinski definition) is 4. The standard InChI is InChI=1S/C25H23F2N3O3/c1-4-28-23(31)12-21-17-11-24(32)30(2)13-19(17)16-9-20(27)22(33-3)10-18(16)25(29-21)14-5-7-15(26)8-6-14/h5-11,13,21H,4,12H2,1-3H3,(H,28,31)/t21-/m0/s1. The Morgan fingerprint density at radius 1 is 1.12 bits per heavy atom. The molecule has 1 aliphatic heterocycles. The van der Waals surface area contributed by atoms with E-state index in [0.717, 1.165) is 0 Å². The first-order valence-electron chi connectivity index (χ1n) is 10.5. The second-order valence-corrected chi connectivity index (χ2v) is 7.78. The van der Waals surface area contributed by atoms with Crippen LogP contribution in [0.5, 0.6) is 5.75 Å². The van der Waals surface area contributed by atoms with Crippen LogP contribution < -0.4 is 15.6 Å². The van der Waals surface area contributed by atoms with E-state index in [-0.39, 0.29) is 23.6 Å². The number of carbonyl (C=O) groups excluding carboxylic acids is 1. The lowest BCUT2D eigenvalue weighted by Gasteiger charge is -2.16. The highest BCUT2D eigenvalue weighted by Crippen LogP contribution is 2.40. The van der Waals surface area contributed by atoms with Gasteiger partial charge in [0.25, 0.3) is 5.56 Å². The number of nitrogens with one attached hydrogen (secondary N) is 1. The van der Waals surface area contributed by atoms with Crippen LogP contribution in [0, 0.1) is 11.6 Å². The van der Waals surface area contributed by atoms with Gasteiger partial charge in [-0.15, -0.1) is 0 Å². The van der Waals surface area contributed by atoms with Gasteiger partial charge in [0.15, 0.2) is 11.6 Å². The maximum Gasteiger partial charge on any atom is 0.250 e. The number of pyridine rings is 1. The molecule has 170 valence electrons. The van der Waals surface area contributed by atoms with Crippen molar-refractivity contribution >= 4 is 11.6 Å². The van der Waals surface area contributed by atoms with E-state index in [0.29, 0.717) is 40.1 Å². The zero-order valence-corrected chi connectivity index (χ0v) is 18.5. The molecule has 8 heteroatoms. The molecular formula is C25H23F2N3O3. The van der Waals surface area contributed by atoms with Crippen LogP contribution in [0.25, 0.3) is 11.1 Å². The van der Waals surface area contributed by atoms with Crippen LogP contribution in [0.15, 0.2) is 58.4 Å². The molecule has 0 bridgehead atoms. The number of amides is 1. The average Bonchev–Trinajstić information content (AvgIpc) is 2.90. The van der Waals surface area contributed by atoms with Crippen LogP contribution in [-0.2, 0) is 11.8 Å². The molecule has 2 aromatic carbocycles. The lowest BCUT2D eigenvalue weighted by molar-refractivity contribution is -0.121. The van der Waals surface area contributed by atoms with Gasteiger partial charge in [0.05, 0.1) is 25.3 Å². The number of ether oxygens (including phenoxy) is 1. The van der Waals surface area contributed by atoms with Crippen LogP contribution >= 0.6 is 0 Å². The fourth-order valence-electron chi connectivity index (χ4n) is 4.01. The fraction of sp³-hybridized carbons (Fsp3) is 0.240. The summed E-state index contributed by atoms with van der Waals surface area (Å²) in [5.41, 5.74) is 2.93. The molecule has 33 heavy (non-hydrogen) atoms. The molecule has 1 aliphatic rings. The molecule has 0 unspecified atom stereocenters. The minimum atomic E-state index is -0.707. The Morgan fingerprint density at radius 3 is 2.52 bits per heavy atom. The van der Waals surface area contributed by atoms with E-state index in [1.165, 1.54) is 42.0 Å². The normalized spacial score (nSPS) is 14.6. The summed E-state index contributed by atoms with van der Waals surface area (Å²) in [6, 6.07) is 9.37. The van der Waals surface area contributed by atoms with Crippen LogP contribution in [-0.4, -0.2) is 29.8 Å². The van der Waals surface area contributed by atoms with Gasteiger partial charge in [0.1, 0.15) is 5.82 Å². The van der Waals surface area contributed by atoms with E-state index in [1.54, 1.807) is 25.4 Å². The number of hydrogen-bond donors (Lipinski definition) is 1. The Balaban J connectivity index is 2.05. The number of methoxy groups -OCH3 is 1. The fourth-order valence-corrected chi connectivity index (χ4v) is 4.01. The van der Waals surface area contributed by atoms with Crippen LogP contribution in [0.3, 0.4) is 0 Å². The van der Waals surface area contributed by atoms with Crippen molar-refractivity contribution in [1.82, 2.24) is 9.88 Å². The zero-order valence-electron chi connectivity index (χ0n) is 18.5. The van der Waals surface area contributed by atoms with Crippen molar-refractivity contribution in [2.24, 2.45) is 12.0 Å². The van der Waals surface area contributed by atoms with E-state index in [1.807, 2.05) is 6.92 Å². The third-order valence-electron chi connectivity index (χ3n) is 5.61. The molecule has 0 fully saturated rings. The second kappa shape index (κ2) is 8.97. The second-order valence-electron chi connectivity index (χ2n) is 7.78. The van der Waals surface area contributed by atoms with Gasteiger partial charge in [0, 0.05) is 42.5 Å². The summed E-state index contributed by atoms with van der Waals surface area (Å²) in [4.78, 5) is 29.9. The molecule has 2 heterocycles. The Kier molecular flexibility index (Phi) is 6.09.